The smallest absolute Gasteiger partial charge is 0.264 e. The van der Waals surface area contributed by atoms with Gasteiger partial charge in [-0.05, 0) is 30.9 Å². The number of benzene rings is 1. The molecule has 1 aliphatic heterocycles. The largest absolute Gasteiger partial charge is 0.353 e. The van der Waals surface area contributed by atoms with Gasteiger partial charge in [-0.1, -0.05) is 31.5 Å². The predicted molar refractivity (Wildman–Crippen MR) is 110 cm³/mol. The van der Waals surface area contributed by atoms with Crippen LogP contribution >= 0.6 is 0 Å². The summed E-state index contributed by atoms with van der Waals surface area (Å²) in [6.07, 6.45) is 3.49. The maximum atomic E-state index is 13.1. The molecule has 0 aromatic heterocycles. The molecular weight excluding hydrogens is 406 g/mol. The molecule has 8 nitrogen and oxygen atoms in total. The Morgan fingerprint density at radius 1 is 1.23 bits per heavy atom. The van der Waals surface area contributed by atoms with Crippen LogP contribution in [0.3, 0.4) is 0 Å². The molecule has 1 aromatic rings. The Morgan fingerprint density at radius 2 is 1.90 bits per heavy atom. The van der Waals surface area contributed by atoms with Crippen molar-refractivity contribution >= 4 is 27.6 Å². The Labute approximate surface area is 176 Å². The highest BCUT2D eigenvalue weighted by molar-refractivity contribution is 7.89. The summed E-state index contributed by atoms with van der Waals surface area (Å²) in [4.78, 5) is 36.9. The molecular formula is C21H27N3O5S. The van der Waals surface area contributed by atoms with E-state index in [1.807, 2.05) is 20.8 Å². The molecule has 0 radical (unpaired) electrons. The SMILES string of the molecule is Cc1ccc(S(=O)(=O)N2C=CNC(=O)[C@H]2CC(=O)N[C@@H]2CCC(=O)CC2(C)C)cc1. The molecule has 2 amide bonds. The minimum Gasteiger partial charge on any atom is -0.353 e. The maximum Gasteiger partial charge on any atom is 0.264 e. The Kier molecular flexibility index (Phi) is 6.03. The van der Waals surface area contributed by atoms with Crippen molar-refractivity contribution in [2.24, 2.45) is 5.41 Å². The van der Waals surface area contributed by atoms with Crippen LogP contribution in [0.5, 0.6) is 0 Å². The van der Waals surface area contributed by atoms with Crippen LogP contribution in [0.25, 0.3) is 0 Å². The van der Waals surface area contributed by atoms with Crippen molar-refractivity contribution in [3.8, 4) is 0 Å². The monoisotopic (exact) mass is 433 g/mol. The first-order valence-electron chi connectivity index (χ1n) is 9.89. The number of nitrogens with one attached hydrogen (secondary N) is 2. The fourth-order valence-corrected chi connectivity index (χ4v) is 5.33. The number of carbonyl (C=O) groups excluding carboxylic acids is 3. The predicted octanol–water partition coefficient (Wildman–Crippen LogP) is 1.61. The number of hydrogen-bond donors (Lipinski definition) is 2. The summed E-state index contributed by atoms with van der Waals surface area (Å²) in [6, 6.07) is 4.89. The Morgan fingerprint density at radius 3 is 2.53 bits per heavy atom. The molecule has 1 aliphatic carbocycles. The Hall–Kier alpha value is -2.68. The number of ketones is 1. The summed E-state index contributed by atoms with van der Waals surface area (Å²) in [7, 11) is -4.01. The first-order chi connectivity index (χ1) is 14.0. The molecule has 1 aromatic carbocycles. The minimum atomic E-state index is -4.01. The van der Waals surface area contributed by atoms with Gasteiger partial charge in [-0.25, -0.2) is 8.42 Å². The number of aryl methyl sites for hydroxylation is 1. The zero-order valence-electron chi connectivity index (χ0n) is 17.3. The van der Waals surface area contributed by atoms with E-state index in [0.29, 0.717) is 19.3 Å². The molecule has 2 N–H and O–H groups in total. The van der Waals surface area contributed by atoms with Crippen molar-refractivity contribution in [2.45, 2.75) is 63.4 Å². The Bertz CT molecular complexity index is 982. The summed E-state index contributed by atoms with van der Waals surface area (Å²) in [5.41, 5.74) is 0.512. The second kappa shape index (κ2) is 8.22. The highest BCUT2D eigenvalue weighted by atomic mass is 32.2. The van der Waals surface area contributed by atoms with Crippen LogP contribution in [0.2, 0.25) is 0 Å². The van der Waals surface area contributed by atoms with Crippen LogP contribution in [-0.2, 0) is 24.4 Å². The van der Waals surface area contributed by atoms with E-state index < -0.39 is 33.3 Å². The maximum absolute atomic E-state index is 13.1. The molecule has 0 bridgehead atoms. The average molecular weight is 434 g/mol. The van der Waals surface area contributed by atoms with Crippen LogP contribution in [-0.4, -0.2) is 42.4 Å². The molecule has 2 atom stereocenters. The lowest BCUT2D eigenvalue weighted by Gasteiger charge is -2.38. The highest BCUT2D eigenvalue weighted by Gasteiger charge is 2.40. The lowest BCUT2D eigenvalue weighted by molar-refractivity contribution is -0.131. The molecule has 1 saturated carbocycles. The van der Waals surface area contributed by atoms with Crippen molar-refractivity contribution in [1.29, 1.82) is 0 Å². The van der Waals surface area contributed by atoms with Crippen LogP contribution < -0.4 is 10.6 Å². The van der Waals surface area contributed by atoms with Crippen molar-refractivity contribution in [2.75, 3.05) is 0 Å². The lowest BCUT2D eigenvalue weighted by Crippen LogP contribution is -2.53. The third kappa shape index (κ3) is 4.56. The van der Waals surface area contributed by atoms with Crippen molar-refractivity contribution in [3.05, 3.63) is 42.2 Å². The van der Waals surface area contributed by atoms with Gasteiger partial charge in [0.25, 0.3) is 10.0 Å². The summed E-state index contributed by atoms with van der Waals surface area (Å²) in [5.74, 6) is -0.832. The van der Waals surface area contributed by atoms with Crippen LogP contribution in [0.4, 0.5) is 0 Å². The van der Waals surface area contributed by atoms with E-state index in [1.54, 1.807) is 12.1 Å². The van der Waals surface area contributed by atoms with Gasteiger partial charge in [-0.15, -0.1) is 0 Å². The normalized spacial score (nSPS) is 23.8. The summed E-state index contributed by atoms with van der Waals surface area (Å²) in [6.45, 7) is 5.68. The topological polar surface area (TPSA) is 113 Å². The van der Waals surface area contributed by atoms with Gasteiger partial charge >= 0.3 is 0 Å². The lowest BCUT2D eigenvalue weighted by atomic mass is 9.72. The van der Waals surface area contributed by atoms with E-state index in [-0.39, 0.29) is 23.1 Å². The molecule has 1 fully saturated rings. The van der Waals surface area contributed by atoms with Gasteiger partial charge in [-0.2, -0.15) is 0 Å². The van der Waals surface area contributed by atoms with Crippen molar-refractivity contribution in [1.82, 2.24) is 14.9 Å². The molecule has 0 spiro atoms. The Balaban J connectivity index is 1.78. The molecule has 162 valence electrons. The van der Waals surface area contributed by atoms with Crippen molar-refractivity contribution < 1.29 is 22.8 Å². The molecule has 0 saturated heterocycles. The molecule has 1 heterocycles. The van der Waals surface area contributed by atoms with Crippen molar-refractivity contribution in [3.63, 3.8) is 0 Å². The van der Waals surface area contributed by atoms with E-state index in [0.717, 1.165) is 9.87 Å². The number of Topliss-reactive ketones (excluding diaryl/α,β-unsaturated/α-hetero) is 1. The van der Waals surface area contributed by atoms with Gasteiger partial charge in [0, 0.05) is 31.3 Å². The van der Waals surface area contributed by atoms with Gasteiger partial charge in [0.1, 0.15) is 11.8 Å². The standard InChI is InChI=1S/C21H27N3O5S/c1-14-4-7-16(8-5-14)30(28,29)24-11-10-22-20(27)17(24)12-19(26)23-18-9-6-15(25)13-21(18,2)3/h4-5,7-8,10-11,17-18H,6,9,12-13H2,1-3H3,(H,22,27)(H,23,26)/t17-,18-/m1/s1. The fraction of sp³-hybridized carbons (Fsp3) is 0.476. The highest BCUT2D eigenvalue weighted by Crippen LogP contribution is 2.34. The first kappa shape index (κ1) is 22.0. The van der Waals surface area contributed by atoms with Crippen LogP contribution in [0, 0.1) is 12.3 Å². The average Bonchev–Trinajstić information content (AvgIpc) is 2.65. The van der Waals surface area contributed by atoms with Crippen LogP contribution in [0.1, 0.15) is 45.1 Å². The molecule has 3 rings (SSSR count). The summed E-state index contributed by atoms with van der Waals surface area (Å²) >= 11 is 0. The molecule has 0 unspecified atom stereocenters. The number of nitrogens with zero attached hydrogens (tertiary/aromatic N) is 1. The van der Waals surface area contributed by atoms with E-state index >= 15 is 0 Å². The van der Waals surface area contributed by atoms with E-state index in [4.69, 9.17) is 0 Å². The fourth-order valence-electron chi connectivity index (χ4n) is 3.88. The van der Waals surface area contributed by atoms with E-state index in [2.05, 4.69) is 10.6 Å². The zero-order chi connectivity index (χ0) is 22.1. The zero-order valence-corrected chi connectivity index (χ0v) is 18.2. The number of sulfonamides is 1. The third-order valence-corrected chi connectivity index (χ3v) is 7.47. The third-order valence-electron chi connectivity index (χ3n) is 5.68. The number of amides is 2. The second-order valence-electron chi connectivity index (χ2n) is 8.56. The van der Waals surface area contributed by atoms with E-state index in [1.165, 1.54) is 24.5 Å². The van der Waals surface area contributed by atoms with Gasteiger partial charge in [-0.3, -0.25) is 18.7 Å². The van der Waals surface area contributed by atoms with Gasteiger partial charge < -0.3 is 10.6 Å². The molecule has 30 heavy (non-hydrogen) atoms. The van der Waals surface area contributed by atoms with Crippen LogP contribution in [0.15, 0.2) is 41.6 Å². The first-order valence-corrected chi connectivity index (χ1v) is 11.3. The van der Waals surface area contributed by atoms with Gasteiger partial charge in [0.15, 0.2) is 0 Å². The summed E-state index contributed by atoms with van der Waals surface area (Å²) < 4.78 is 27.1. The van der Waals surface area contributed by atoms with Gasteiger partial charge in [0.05, 0.1) is 11.3 Å². The number of hydrogen-bond acceptors (Lipinski definition) is 5. The second-order valence-corrected chi connectivity index (χ2v) is 10.4. The quantitative estimate of drug-likeness (QED) is 0.733. The molecule has 9 heteroatoms. The van der Waals surface area contributed by atoms with Gasteiger partial charge in [0.2, 0.25) is 11.8 Å². The summed E-state index contributed by atoms with van der Waals surface area (Å²) in [5, 5.41) is 5.38. The number of carbonyl (C=O) groups is 3. The number of rotatable bonds is 5. The van der Waals surface area contributed by atoms with E-state index in [9.17, 15) is 22.8 Å². The minimum absolute atomic E-state index is 0.0461. The molecule has 2 aliphatic rings.